The third kappa shape index (κ3) is 4.86. The molecule has 0 saturated heterocycles. The Morgan fingerprint density at radius 3 is 1.47 bits per heavy atom. The summed E-state index contributed by atoms with van der Waals surface area (Å²) in [6, 6.07) is 74.4. The van der Waals surface area contributed by atoms with Crippen LogP contribution in [0.5, 0.6) is 0 Å². The molecule has 3 heterocycles. The van der Waals surface area contributed by atoms with Crippen LogP contribution in [0.3, 0.4) is 0 Å². The minimum atomic E-state index is 0.888. The summed E-state index contributed by atoms with van der Waals surface area (Å²) in [7, 11) is 0. The molecular weight excluding hydrogens is 693 g/mol. The van der Waals surface area contributed by atoms with Gasteiger partial charge in [-0.2, -0.15) is 0 Å². The zero-order valence-corrected chi connectivity index (χ0v) is 30.9. The fraction of sp³-hybridized carbons (Fsp3) is 0. The first-order valence-electron chi connectivity index (χ1n) is 19.5. The van der Waals surface area contributed by atoms with E-state index in [0.29, 0.717) is 0 Å². The molecule has 0 aliphatic heterocycles. The summed E-state index contributed by atoms with van der Waals surface area (Å²) in [6.07, 6.45) is 0. The molecule has 0 N–H and O–H groups in total. The molecule has 3 aromatic heterocycles. The average Bonchev–Trinajstić information content (AvgIpc) is 3.94. The van der Waals surface area contributed by atoms with Gasteiger partial charge >= 0.3 is 0 Å². The molecule has 0 amide bonds. The number of rotatable bonds is 5. The molecule has 0 aliphatic carbocycles. The Balaban J connectivity index is 1.07. The molecule has 3 nitrogen and oxygen atoms in total. The molecular formula is C54H34N2O. The van der Waals surface area contributed by atoms with Crippen molar-refractivity contribution in [3.63, 3.8) is 0 Å². The second-order valence-electron chi connectivity index (χ2n) is 14.9. The number of benzene rings is 9. The van der Waals surface area contributed by atoms with Crippen LogP contribution >= 0.6 is 0 Å². The standard InChI is InChI=1S/C54H34N2O/c1-4-14-35(15-5-1)37-24-28-48-45(32-37)46-34-39(25-29-49(46)55(48)40-18-8-3-9-19-40)38-26-30-50-44(33-38)42-20-10-12-22-47(42)56(50)51-31-27-41(36-16-6-2-7-17-36)53-43-21-11-13-23-52(43)57-54(51)53/h1-34H. The lowest BCUT2D eigenvalue weighted by Gasteiger charge is -2.12. The van der Waals surface area contributed by atoms with Crippen molar-refractivity contribution in [2.45, 2.75) is 0 Å². The van der Waals surface area contributed by atoms with Crippen molar-refractivity contribution < 1.29 is 4.42 Å². The van der Waals surface area contributed by atoms with Gasteiger partial charge in [-0.15, -0.1) is 0 Å². The van der Waals surface area contributed by atoms with E-state index in [2.05, 4.69) is 209 Å². The zero-order valence-electron chi connectivity index (χ0n) is 30.9. The summed E-state index contributed by atoms with van der Waals surface area (Å²) in [4.78, 5) is 0. The van der Waals surface area contributed by atoms with Gasteiger partial charge in [0.05, 0.1) is 27.8 Å². The van der Waals surface area contributed by atoms with Crippen molar-refractivity contribution in [2.75, 3.05) is 0 Å². The Labute approximate surface area is 328 Å². The van der Waals surface area contributed by atoms with Gasteiger partial charge in [-0.25, -0.2) is 0 Å². The van der Waals surface area contributed by atoms with Crippen molar-refractivity contribution in [2.24, 2.45) is 0 Å². The number of aromatic nitrogens is 2. The van der Waals surface area contributed by atoms with E-state index in [-0.39, 0.29) is 0 Å². The molecule has 0 unspecified atom stereocenters. The monoisotopic (exact) mass is 726 g/mol. The van der Waals surface area contributed by atoms with Gasteiger partial charge in [-0.05, 0) is 100 Å². The Morgan fingerprint density at radius 2 is 0.807 bits per heavy atom. The fourth-order valence-corrected chi connectivity index (χ4v) is 9.13. The summed E-state index contributed by atoms with van der Waals surface area (Å²) < 4.78 is 11.6. The van der Waals surface area contributed by atoms with E-state index in [9.17, 15) is 0 Å². The van der Waals surface area contributed by atoms with Gasteiger partial charge in [0, 0.05) is 38.0 Å². The Hall–Kier alpha value is -7.62. The third-order valence-electron chi connectivity index (χ3n) is 11.7. The maximum Gasteiger partial charge on any atom is 0.160 e. The van der Waals surface area contributed by atoms with Crippen LogP contribution in [0.2, 0.25) is 0 Å². The van der Waals surface area contributed by atoms with Crippen molar-refractivity contribution in [3.05, 3.63) is 206 Å². The summed E-state index contributed by atoms with van der Waals surface area (Å²) in [6.45, 7) is 0. The number of furan rings is 1. The van der Waals surface area contributed by atoms with Crippen LogP contribution < -0.4 is 0 Å². The highest BCUT2D eigenvalue weighted by molar-refractivity contribution is 6.17. The second kappa shape index (κ2) is 12.5. The van der Waals surface area contributed by atoms with E-state index in [1.54, 1.807) is 0 Å². The molecule has 266 valence electrons. The molecule has 0 fully saturated rings. The molecule has 0 aliphatic rings. The number of hydrogen-bond acceptors (Lipinski definition) is 1. The molecule has 0 spiro atoms. The SMILES string of the molecule is c1ccc(-c2ccc3c(c2)c2cc(-c4ccc5c(c4)c4ccccc4n5-c4ccc(-c5ccccc5)c5c4oc4ccccc45)ccc2n3-c2ccccc2)cc1. The van der Waals surface area contributed by atoms with Crippen LogP contribution in [0.25, 0.3) is 110 Å². The maximum atomic E-state index is 6.78. The zero-order chi connectivity index (χ0) is 37.5. The van der Waals surface area contributed by atoms with Crippen molar-refractivity contribution in [3.8, 4) is 44.8 Å². The minimum absolute atomic E-state index is 0.888. The molecule has 0 bridgehead atoms. The number of para-hydroxylation sites is 3. The Bertz CT molecular complexity index is 3500. The normalized spacial score (nSPS) is 11.9. The van der Waals surface area contributed by atoms with E-state index in [0.717, 1.165) is 44.3 Å². The molecule has 0 radical (unpaired) electrons. The largest absolute Gasteiger partial charge is 0.454 e. The fourth-order valence-electron chi connectivity index (χ4n) is 9.13. The number of fused-ring (bicyclic) bond motifs is 9. The quantitative estimate of drug-likeness (QED) is 0.173. The number of hydrogen-bond donors (Lipinski definition) is 0. The first-order chi connectivity index (χ1) is 28.3. The first-order valence-corrected chi connectivity index (χ1v) is 19.5. The topological polar surface area (TPSA) is 23.0 Å². The van der Waals surface area contributed by atoms with Gasteiger partial charge < -0.3 is 13.6 Å². The molecule has 0 atom stereocenters. The predicted octanol–water partition coefficient (Wildman–Crippen LogP) is 14.8. The van der Waals surface area contributed by atoms with Crippen molar-refractivity contribution in [1.82, 2.24) is 9.13 Å². The van der Waals surface area contributed by atoms with Crippen molar-refractivity contribution >= 4 is 65.6 Å². The summed E-state index contributed by atoms with van der Waals surface area (Å²) in [5.41, 5.74) is 15.8. The van der Waals surface area contributed by atoms with Gasteiger partial charge in [-0.1, -0.05) is 140 Å². The molecule has 12 rings (SSSR count). The number of nitrogens with zero attached hydrogens (tertiary/aromatic N) is 2. The van der Waals surface area contributed by atoms with Gasteiger partial charge in [-0.3, -0.25) is 0 Å². The smallest absolute Gasteiger partial charge is 0.160 e. The summed E-state index contributed by atoms with van der Waals surface area (Å²) >= 11 is 0. The van der Waals surface area contributed by atoms with Crippen LogP contribution in [0.1, 0.15) is 0 Å². The minimum Gasteiger partial charge on any atom is -0.454 e. The van der Waals surface area contributed by atoms with Gasteiger partial charge in [0.15, 0.2) is 5.58 Å². The van der Waals surface area contributed by atoms with Crippen LogP contribution in [0.15, 0.2) is 211 Å². The van der Waals surface area contributed by atoms with E-state index < -0.39 is 0 Å². The van der Waals surface area contributed by atoms with E-state index in [4.69, 9.17) is 4.42 Å². The molecule has 12 aromatic rings. The third-order valence-corrected chi connectivity index (χ3v) is 11.7. The van der Waals surface area contributed by atoms with Gasteiger partial charge in [0.1, 0.15) is 5.58 Å². The predicted molar refractivity (Wildman–Crippen MR) is 239 cm³/mol. The second-order valence-corrected chi connectivity index (χ2v) is 14.9. The highest BCUT2D eigenvalue weighted by Crippen LogP contribution is 2.43. The van der Waals surface area contributed by atoms with Crippen LogP contribution in [-0.4, -0.2) is 9.13 Å². The van der Waals surface area contributed by atoms with Crippen LogP contribution in [0.4, 0.5) is 0 Å². The molecule has 0 saturated carbocycles. The average molecular weight is 727 g/mol. The summed E-state index contributed by atoms with van der Waals surface area (Å²) in [5, 5.41) is 7.14. The lowest BCUT2D eigenvalue weighted by Crippen LogP contribution is -1.95. The lowest BCUT2D eigenvalue weighted by molar-refractivity contribution is 0.666. The molecule has 9 aromatic carbocycles. The first kappa shape index (κ1) is 31.7. The van der Waals surface area contributed by atoms with Gasteiger partial charge in [0.2, 0.25) is 0 Å². The summed E-state index contributed by atoms with van der Waals surface area (Å²) in [5.74, 6) is 0. The maximum absolute atomic E-state index is 6.78. The van der Waals surface area contributed by atoms with E-state index in [1.807, 2.05) is 6.07 Å². The van der Waals surface area contributed by atoms with Gasteiger partial charge in [0.25, 0.3) is 0 Å². The van der Waals surface area contributed by atoms with E-state index >= 15 is 0 Å². The Morgan fingerprint density at radius 1 is 0.316 bits per heavy atom. The van der Waals surface area contributed by atoms with Crippen molar-refractivity contribution in [1.29, 1.82) is 0 Å². The van der Waals surface area contributed by atoms with Crippen LogP contribution in [-0.2, 0) is 0 Å². The van der Waals surface area contributed by atoms with E-state index in [1.165, 1.54) is 66.0 Å². The Kier molecular flexibility index (Phi) is 6.93. The molecule has 57 heavy (non-hydrogen) atoms. The highest BCUT2D eigenvalue weighted by Gasteiger charge is 2.21. The highest BCUT2D eigenvalue weighted by atomic mass is 16.3. The molecule has 3 heteroatoms. The lowest BCUT2D eigenvalue weighted by atomic mass is 9.98. The van der Waals surface area contributed by atoms with Crippen LogP contribution in [0, 0.1) is 0 Å².